The Hall–Kier alpha value is -0.870. The van der Waals surface area contributed by atoms with E-state index in [1.165, 1.54) is 19.4 Å². The number of hydrogen-bond acceptors (Lipinski definition) is 3. The van der Waals surface area contributed by atoms with Gasteiger partial charge in [0.2, 0.25) is 0 Å². The van der Waals surface area contributed by atoms with E-state index in [9.17, 15) is 0 Å². The van der Waals surface area contributed by atoms with Crippen LogP contribution in [0.3, 0.4) is 0 Å². The molecule has 80 valence electrons. The molecule has 1 aromatic rings. The third-order valence-corrected chi connectivity index (χ3v) is 2.06. The molecule has 0 aliphatic heterocycles. The standard InChI is InChI=1S/C10H20N4/c1-14(2)8-4-3-5-11-9-10-12-6-7-13-10/h6-7,11H,3-5,8-9H2,1-2H3,(H,12,13). The average molecular weight is 196 g/mol. The summed E-state index contributed by atoms with van der Waals surface area (Å²) in [5.41, 5.74) is 0. The van der Waals surface area contributed by atoms with E-state index in [0.29, 0.717) is 0 Å². The van der Waals surface area contributed by atoms with Crippen molar-refractivity contribution in [3.05, 3.63) is 18.2 Å². The molecule has 0 saturated carbocycles. The molecule has 0 aliphatic carbocycles. The van der Waals surface area contributed by atoms with E-state index in [-0.39, 0.29) is 0 Å². The summed E-state index contributed by atoms with van der Waals surface area (Å²) in [6.07, 6.45) is 6.10. The molecule has 4 nitrogen and oxygen atoms in total. The topological polar surface area (TPSA) is 44.0 Å². The van der Waals surface area contributed by atoms with Crippen molar-refractivity contribution in [2.45, 2.75) is 19.4 Å². The van der Waals surface area contributed by atoms with E-state index in [0.717, 1.165) is 18.9 Å². The monoisotopic (exact) mass is 196 g/mol. The van der Waals surface area contributed by atoms with Crippen molar-refractivity contribution in [2.24, 2.45) is 0 Å². The van der Waals surface area contributed by atoms with Gasteiger partial charge in [-0.15, -0.1) is 0 Å². The minimum Gasteiger partial charge on any atom is -0.348 e. The molecule has 1 aromatic heterocycles. The molecule has 0 bridgehead atoms. The third kappa shape index (κ3) is 4.99. The largest absolute Gasteiger partial charge is 0.348 e. The molecule has 0 saturated heterocycles. The van der Waals surface area contributed by atoms with Crippen molar-refractivity contribution in [1.82, 2.24) is 20.2 Å². The van der Waals surface area contributed by atoms with Crippen LogP contribution in [0, 0.1) is 0 Å². The van der Waals surface area contributed by atoms with E-state index in [1.54, 1.807) is 6.20 Å². The lowest BCUT2D eigenvalue weighted by molar-refractivity contribution is 0.391. The van der Waals surface area contributed by atoms with E-state index < -0.39 is 0 Å². The highest BCUT2D eigenvalue weighted by Gasteiger charge is 1.94. The molecule has 0 amide bonds. The maximum Gasteiger partial charge on any atom is 0.120 e. The summed E-state index contributed by atoms with van der Waals surface area (Å²) in [5.74, 6) is 1.01. The van der Waals surface area contributed by atoms with Crippen LogP contribution in [0.5, 0.6) is 0 Å². The van der Waals surface area contributed by atoms with Crippen molar-refractivity contribution in [2.75, 3.05) is 27.2 Å². The summed E-state index contributed by atoms with van der Waals surface area (Å²) in [6.45, 7) is 3.08. The van der Waals surface area contributed by atoms with Crippen molar-refractivity contribution in [1.29, 1.82) is 0 Å². The molecule has 0 aliphatic rings. The number of nitrogens with zero attached hydrogens (tertiary/aromatic N) is 2. The first-order chi connectivity index (χ1) is 6.79. The number of aromatic amines is 1. The first-order valence-corrected chi connectivity index (χ1v) is 5.13. The predicted molar refractivity (Wildman–Crippen MR) is 58.1 cm³/mol. The number of H-pyrrole nitrogens is 1. The normalized spacial score (nSPS) is 11.1. The second kappa shape index (κ2) is 6.56. The number of nitrogens with one attached hydrogen (secondary N) is 2. The maximum atomic E-state index is 4.14. The van der Waals surface area contributed by atoms with E-state index in [1.807, 2.05) is 6.20 Å². The van der Waals surface area contributed by atoms with Gasteiger partial charge < -0.3 is 15.2 Å². The highest BCUT2D eigenvalue weighted by atomic mass is 15.0. The van der Waals surface area contributed by atoms with Gasteiger partial charge in [0.15, 0.2) is 0 Å². The Labute approximate surface area is 85.7 Å². The lowest BCUT2D eigenvalue weighted by Gasteiger charge is -2.08. The highest BCUT2D eigenvalue weighted by molar-refractivity contribution is 4.85. The first-order valence-electron chi connectivity index (χ1n) is 5.13. The van der Waals surface area contributed by atoms with Crippen molar-refractivity contribution in [3.63, 3.8) is 0 Å². The summed E-state index contributed by atoms with van der Waals surface area (Å²) >= 11 is 0. The van der Waals surface area contributed by atoms with Gasteiger partial charge in [-0.05, 0) is 40.0 Å². The third-order valence-electron chi connectivity index (χ3n) is 2.06. The molecule has 0 atom stereocenters. The van der Waals surface area contributed by atoms with Gasteiger partial charge in [-0.2, -0.15) is 0 Å². The molecule has 1 rings (SSSR count). The van der Waals surface area contributed by atoms with Crippen LogP contribution in [-0.2, 0) is 6.54 Å². The number of aromatic nitrogens is 2. The van der Waals surface area contributed by atoms with E-state index >= 15 is 0 Å². The fraction of sp³-hybridized carbons (Fsp3) is 0.700. The fourth-order valence-electron chi connectivity index (χ4n) is 1.28. The molecule has 0 fully saturated rings. The minimum atomic E-state index is 0.842. The smallest absolute Gasteiger partial charge is 0.120 e. The van der Waals surface area contributed by atoms with Gasteiger partial charge in [-0.25, -0.2) is 4.98 Å². The Bertz CT molecular complexity index is 218. The van der Waals surface area contributed by atoms with Crippen LogP contribution in [0.4, 0.5) is 0 Å². The summed E-state index contributed by atoms with van der Waals surface area (Å²) < 4.78 is 0. The molecule has 0 spiro atoms. The molecule has 2 N–H and O–H groups in total. The van der Waals surface area contributed by atoms with Crippen LogP contribution < -0.4 is 5.32 Å². The van der Waals surface area contributed by atoms with Crippen LogP contribution >= 0.6 is 0 Å². The number of rotatable bonds is 7. The molecular formula is C10H20N4. The maximum absolute atomic E-state index is 4.14. The zero-order valence-corrected chi connectivity index (χ0v) is 9.08. The summed E-state index contributed by atoms with van der Waals surface area (Å²) in [4.78, 5) is 9.42. The second-order valence-electron chi connectivity index (χ2n) is 3.72. The van der Waals surface area contributed by atoms with Gasteiger partial charge in [-0.3, -0.25) is 0 Å². The van der Waals surface area contributed by atoms with Crippen LogP contribution in [0.2, 0.25) is 0 Å². The van der Waals surface area contributed by atoms with Crippen LogP contribution in [-0.4, -0.2) is 42.1 Å². The van der Waals surface area contributed by atoms with E-state index in [2.05, 4.69) is 34.3 Å². The van der Waals surface area contributed by atoms with Crippen LogP contribution in [0.25, 0.3) is 0 Å². The minimum absolute atomic E-state index is 0.842. The van der Waals surface area contributed by atoms with Crippen molar-refractivity contribution >= 4 is 0 Å². The van der Waals surface area contributed by atoms with Crippen LogP contribution in [0.15, 0.2) is 12.4 Å². The Morgan fingerprint density at radius 2 is 2.29 bits per heavy atom. The fourth-order valence-corrected chi connectivity index (χ4v) is 1.28. The summed E-state index contributed by atoms with van der Waals surface area (Å²) in [6, 6.07) is 0. The van der Waals surface area contributed by atoms with Gasteiger partial charge in [0.05, 0.1) is 6.54 Å². The van der Waals surface area contributed by atoms with E-state index in [4.69, 9.17) is 0 Å². The Morgan fingerprint density at radius 3 is 2.93 bits per heavy atom. The highest BCUT2D eigenvalue weighted by Crippen LogP contribution is 1.90. The predicted octanol–water partition coefficient (Wildman–Crippen LogP) is 0.841. The number of imidazole rings is 1. The molecule has 0 unspecified atom stereocenters. The van der Waals surface area contributed by atoms with Gasteiger partial charge in [-0.1, -0.05) is 0 Å². The summed E-state index contributed by atoms with van der Waals surface area (Å²) in [7, 11) is 4.21. The van der Waals surface area contributed by atoms with Crippen molar-refractivity contribution in [3.8, 4) is 0 Å². The van der Waals surface area contributed by atoms with Crippen molar-refractivity contribution < 1.29 is 0 Å². The lowest BCUT2D eigenvalue weighted by atomic mass is 10.3. The molecule has 0 aromatic carbocycles. The zero-order chi connectivity index (χ0) is 10.2. The first kappa shape index (κ1) is 11.2. The Balaban J connectivity index is 1.90. The van der Waals surface area contributed by atoms with Gasteiger partial charge >= 0.3 is 0 Å². The lowest BCUT2D eigenvalue weighted by Crippen LogP contribution is -2.18. The average Bonchev–Trinajstić information content (AvgIpc) is 2.63. The van der Waals surface area contributed by atoms with Gasteiger partial charge in [0.25, 0.3) is 0 Å². The SMILES string of the molecule is CN(C)CCCCNCc1ncc[nH]1. The molecule has 0 radical (unpaired) electrons. The summed E-state index contributed by atoms with van der Waals surface area (Å²) in [5, 5.41) is 3.35. The molecule has 1 heterocycles. The molecular weight excluding hydrogens is 176 g/mol. The van der Waals surface area contributed by atoms with Gasteiger partial charge in [0, 0.05) is 12.4 Å². The zero-order valence-electron chi connectivity index (χ0n) is 9.08. The van der Waals surface area contributed by atoms with Crippen LogP contribution in [0.1, 0.15) is 18.7 Å². The number of unbranched alkanes of at least 4 members (excludes halogenated alkanes) is 1. The molecule has 14 heavy (non-hydrogen) atoms. The number of hydrogen-bond donors (Lipinski definition) is 2. The Morgan fingerprint density at radius 1 is 1.43 bits per heavy atom. The Kier molecular flexibility index (Phi) is 5.25. The second-order valence-corrected chi connectivity index (χ2v) is 3.72. The quantitative estimate of drug-likeness (QED) is 0.635. The van der Waals surface area contributed by atoms with Gasteiger partial charge in [0.1, 0.15) is 5.82 Å². The molecule has 4 heteroatoms.